The van der Waals surface area contributed by atoms with Gasteiger partial charge in [-0.25, -0.2) is 9.97 Å². The molecule has 2 N–H and O–H groups in total. The Morgan fingerprint density at radius 3 is 2.84 bits per heavy atom. The summed E-state index contributed by atoms with van der Waals surface area (Å²) in [5.41, 5.74) is 3.95. The van der Waals surface area contributed by atoms with Gasteiger partial charge in [0.2, 0.25) is 5.88 Å². The molecule has 0 aliphatic heterocycles. The average Bonchev–Trinajstić information content (AvgIpc) is 3.24. The largest absolute Gasteiger partial charge is 0.439 e. The molecule has 0 saturated heterocycles. The average molecular weight is 413 g/mol. The first kappa shape index (κ1) is 19.5. The molecule has 0 amide bonds. The summed E-state index contributed by atoms with van der Waals surface area (Å²) in [5, 5.41) is 10.1. The zero-order valence-electron chi connectivity index (χ0n) is 17.0. The summed E-state index contributed by atoms with van der Waals surface area (Å²) in [6, 6.07) is 17.0. The summed E-state index contributed by atoms with van der Waals surface area (Å²) in [7, 11) is 0. The molecule has 2 aromatic heterocycles. The van der Waals surface area contributed by atoms with Gasteiger partial charge in [0.15, 0.2) is 6.29 Å². The van der Waals surface area contributed by atoms with Crippen LogP contribution in [0.15, 0.2) is 60.8 Å². The standard InChI is InChI=1S/C25H23N3O3/c29-15-17-10-11-19(14-21(17)24-27-22-8-1-2-9-23(22)28-24)31-25-20(7-4-12-26-25)16-5-3-6-18(30)13-16/h1-2,4,7-12,14-16,18,30H,3,5-6,13H2,(H,27,28)/t16-,18-/m1/s1. The molecule has 2 atom stereocenters. The normalized spacial score (nSPS) is 18.7. The number of aromatic nitrogens is 3. The first-order valence-corrected chi connectivity index (χ1v) is 10.6. The number of carbonyl (C=O) groups is 1. The van der Waals surface area contributed by atoms with Gasteiger partial charge in [-0.1, -0.05) is 24.6 Å². The Hall–Kier alpha value is -3.51. The van der Waals surface area contributed by atoms with Crippen LogP contribution in [0.1, 0.15) is 47.5 Å². The molecule has 31 heavy (non-hydrogen) atoms. The van der Waals surface area contributed by atoms with E-state index >= 15 is 0 Å². The van der Waals surface area contributed by atoms with Crippen molar-refractivity contribution in [1.29, 1.82) is 0 Å². The van der Waals surface area contributed by atoms with Crippen LogP contribution in [0, 0.1) is 0 Å². The first-order chi connectivity index (χ1) is 15.2. The molecule has 0 radical (unpaired) electrons. The smallest absolute Gasteiger partial charge is 0.222 e. The van der Waals surface area contributed by atoms with Crippen molar-refractivity contribution in [2.75, 3.05) is 0 Å². The molecular formula is C25H23N3O3. The fourth-order valence-corrected chi connectivity index (χ4v) is 4.34. The number of para-hydroxylation sites is 2. The zero-order chi connectivity index (χ0) is 21.2. The summed E-state index contributed by atoms with van der Waals surface area (Å²) in [6.07, 6.45) is 5.81. The van der Waals surface area contributed by atoms with Crippen molar-refractivity contribution in [2.45, 2.75) is 37.7 Å². The molecule has 6 heteroatoms. The van der Waals surface area contributed by atoms with Crippen molar-refractivity contribution < 1.29 is 14.6 Å². The number of ether oxygens (including phenoxy) is 1. The lowest BCUT2D eigenvalue weighted by Gasteiger charge is -2.27. The zero-order valence-corrected chi connectivity index (χ0v) is 17.0. The lowest BCUT2D eigenvalue weighted by Crippen LogP contribution is -2.18. The number of benzene rings is 2. The van der Waals surface area contributed by atoms with Gasteiger partial charge >= 0.3 is 0 Å². The monoisotopic (exact) mass is 413 g/mol. The summed E-state index contributed by atoms with van der Waals surface area (Å²) >= 11 is 0. The molecular weight excluding hydrogens is 390 g/mol. The van der Waals surface area contributed by atoms with Crippen molar-refractivity contribution in [1.82, 2.24) is 15.0 Å². The van der Waals surface area contributed by atoms with Crippen LogP contribution in [0.25, 0.3) is 22.4 Å². The van der Waals surface area contributed by atoms with Crippen LogP contribution in [0.5, 0.6) is 11.6 Å². The van der Waals surface area contributed by atoms with Crippen LogP contribution >= 0.6 is 0 Å². The molecule has 0 bridgehead atoms. The Labute approximate surface area is 179 Å². The van der Waals surface area contributed by atoms with Gasteiger partial charge in [-0.3, -0.25) is 4.79 Å². The van der Waals surface area contributed by atoms with Gasteiger partial charge < -0.3 is 14.8 Å². The lowest BCUT2D eigenvalue weighted by atomic mass is 9.83. The van der Waals surface area contributed by atoms with E-state index in [4.69, 9.17) is 4.74 Å². The van der Waals surface area contributed by atoms with E-state index in [1.54, 1.807) is 18.3 Å². The molecule has 2 aromatic carbocycles. The number of aliphatic hydroxyl groups excluding tert-OH is 1. The van der Waals surface area contributed by atoms with Gasteiger partial charge in [-0.2, -0.15) is 0 Å². The van der Waals surface area contributed by atoms with Crippen LogP contribution in [-0.4, -0.2) is 32.4 Å². The van der Waals surface area contributed by atoms with Crippen LogP contribution in [0.3, 0.4) is 0 Å². The molecule has 5 rings (SSSR count). The number of pyridine rings is 1. The topological polar surface area (TPSA) is 88.1 Å². The van der Waals surface area contributed by atoms with Crippen molar-refractivity contribution in [3.8, 4) is 23.0 Å². The Morgan fingerprint density at radius 1 is 1.10 bits per heavy atom. The highest BCUT2D eigenvalue weighted by Gasteiger charge is 2.25. The minimum atomic E-state index is -0.279. The van der Waals surface area contributed by atoms with Crippen molar-refractivity contribution in [3.63, 3.8) is 0 Å². The van der Waals surface area contributed by atoms with Gasteiger partial charge in [-0.15, -0.1) is 0 Å². The van der Waals surface area contributed by atoms with Gasteiger partial charge in [0.25, 0.3) is 0 Å². The molecule has 1 aliphatic carbocycles. The van der Waals surface area contributed by atoms with Crippen LogP contribution < -0.4 is 4.74 Å². The number of carbonyl (C=O) groups excluding carboxylic acids is 1. The lowest BCUT2D eigenvalue weighted by molar-refractivity contribution is 0.112. The molecule has 1 saturated carbocycles. The Bertz CT molecular complexity index is 1200. The summed E-state index contributed by atoms with van der Waals surface area (Å²) in [5.74, 6) is 1.95. The minimum Gasteiger partial charge on any atom is -0.439 e. The van der Waals surface area contributed by atoms with Crippen LogP contribution in [0.2, 0.25) is 0 Å². The van der Waals surface area contributed by atoms with Crippen molar-refractivity contribution in [3.05, 3.63) is 71.9 Å². The number of rotatable bonds is 5. The molecule has 0 unspecified atom stereocenters. The van der Waals surface area contributed by atoms with E-state index in [2.05, 4.69) is 15.0 Å². The number of hydrogen-bond acceptors (Lipinski definition) is 5. The van der Waals surface area contributed by atoms with Gasteiger partial charge in [-0.05, 0) is 61.6 Å². The molecule has 156 valence electrons. The Morgan fingerprint density at radius 2 is 2.00 bits per heavy atom. The molecule has 4 aromatic rings. The maximum Gasteiger partial charge on any atom is 0.222 e. The van der Waals surface area contributed by atoms with E-state index in [9.17, 15) is 9.90 Å². The first-order valence-electron chi connectivity index (χ1n) is 10.6. The fraction of sp³-hybridized carbons (Fsp3) is 0.240. The maximum atomic E-state index is 11.7. The fourth-order valence-electron chi connectivity index (χ4n) is 4.34. The van der Waals surface area contributed by atoms with E-state index < -0.39 is 0 Å². The van der Waals surface area contributed by atoms with Crippen molar-refractivity contribution in [2.24, 2.45) is 0 Å². The van der Waals surface area contributed by atoms with Gasteiger partial charge in [0.05, 0.1) is 17.1 Å². The van der Waals surface area contributed by atoms with Crippen LogP contribution in [0.4, 0.5) is 0 Å². The summed E-state index contributed by atoms with van der Waals surface area (Å²) < 4.78 is 6.18. The maximum absolute atomic E-state index is 11.7. The number of H-pyrrole nitrogens is 1. The summed E-state index contributed by atoms with van der Waals surface area (Å²) in [4.78, 5) is 24.0. The molecule has 1 fully saturated rings. The third-order valence-electron chi connectivity index (χ3n) is 5.90. The van der Waals surface area contributed by atoms with E-state index in [0.29, 0.717) is 28.6 Å². The molecule has 6 nitrogen and oxygen atoms in total. The predicted molar refractivity (Wildman–Crippen MR) is 118 cm³/mol. The van der Waals surface area contributed by atoms with Gasteiger partial charge in [0.1, 0.15) is 11.6 Å². The third kappa shape index (κ3) is 3.94. The van der Waals surface area contributed by atoms with E-state index in [-0.39, 0.29) is 12.0 Å². The second-order valence-electron chi connectivity index (χ2n) is 7.99. The Kier molecular flexibility index (Phi) is 5.22. The minimum absolute atomic E-state index is 0.219. The highest BCUT2D eigenvalue weighted by molar-refractivity contribution is 5.89. The molecule has 0 spiro atoms. The highest BCUT2D eigenvalue weighted by atomic mass is 16.5. The predicted octanol–water partition coefficient (Wildman–Crippen LogP) is 5.25. The quantitative estimate of drug-likeness (QED) is 0.436. The second-order valence-corrected chi connectivity index (χ2v) is 7.99. The van der Waals surface area contributed by atoms with E-state index in [1.807, 2.05) is 42.5 Å². The van der Waals surface area contributed by atoms with Crippen LogP contribution in [-0.2, 0) is 0 Å². The Balaban J connectivity index is 1.50. The van der Waals surface area contributed by atoms with E-state index in [1.165, 1.54) is 0 Å². The number of aldehydes is 1. The number of imidazole rings is 1. The SMILES string of the molecule is O=Cc1ccc(Oc2ncccc2[C@@H]2CCC[C@@H](O)C2)cc1-c1nc2ccccc2[nH]1. The summed E-state index contributed by atoms with van der Waals surface area (Å²) in [6.45, 7) is 0. The molecule has 1 aliphatic rings. The number of fused-ring (bicyclic) bond motifs is 1. The van der Waals surface area contributed by atoms with Crippen molar-refractivity contribution >= 4 is 17.3 Å². The highest BCUT2D eigenvalue weighted by Crippen LogP contribution is 2.38. The van der Waals surface area contributed by atoms with E-state index in [0.717, 1.165) is 48.6 Å². The number of aromatic amines is 1. The third-order valence-corrected chi connectivity index (χ3v) is 5.90. The molecule has 2 heterocycles. The number of hydrogen-bond donors (Lipinski definition) is 2. The number of nitrogens with zero attached hydrogens (tertiary/aromatic N) is 2. The van der Waals surface area contributed by atoms with Gasteiger partial charge in [0, 0.05) is 22.9 Å². The number of aliphatic hydroxyl groups is 1. The number of nitrogens with one attached hydrogen (secondary N) is 1. The second kappa shape index (κ2) is 8.32.